The Bertz CT molecular complexity index is 1440. The van der Waals surface area contributed by atoms with E-state index in [1.165, 1.54) is 22.3 Å². The first-order valence-electron chi connectivity index (χ1n) is 13.5. The van der Waals surface area contributed by atoms with Gasteiger partial charge in [-0.3, -0.25) is 0 Å². The summed E-state index contributed by atoms with van der Waals surface area (Å²) in [7, 11) is 2.01. The maximum atomic E-state index is 11.4. The molecule has 0 atom stereocenters. The van der Waals surface area contributed by atoms with Gasteiger partial charge in [-0.2, -0.15) is 0 Å². The second kappa shape index (κ2) is 10.8. The summed E-state index contributed by atoms with van der Waals surface area (Å²) in [5.41, 5.74) is 9.15. The van der Waals surface area contributed by atoms with Crippen molar-refractivity contribution in [1.29, 1.82) is 0 Å². The van der Waals surface area contributed by atoms with Crippen molar-refractivity contribution in [3.05, 3.63) is 102 Å². The van der Waals surface area contributed by atoms with E-state index in [0.29, 0.717) is 24.3 Å². The van der Waals surface area contributed by atoms with Crippen LogP contribution >= 0.6 is 0 Å². The molecule has 0 spiro atoms. The van der Waals surface area contributed by atoms with Gasteiger partial charge in [0.15, 0.2) is 0 Å². The SMILES string of the molecule is CC(C)c1cc(-c2cc(CCc3cccc(-c4nccn4C)c3)c(O)c(N3C=CNC3)c2)cc(C(C)C)c1. The van der Waals surface area contributed by atoms with E-state index in [4.69, 9.17) is 0 Å². The monoisotopic (exact) mass is 506 g/mol. The molecule has 1 aliphatic heterocycles. The number of hydrogen-bond acceptors (Lipinski definition) is 4. The van der Waals surface area contributed by atoms with Gasteiger partial charge in [0.25, 0.3) is 0 Å². The highest BCUT2D eigenvalue weighted by atomic mass is 16.3. The van der Waals surface area contributed by atoms with E-state index in [0.717, 1.165) is 41.0 Å². The van der Waals surface area contributed by atoms with E-state index < -0.39 is 0 Å². The minimum Gasteiger partial charge on any atom is -0.505 e. The number of nitrogens with zero attached hydrogens (tertiary/aromatic N) is 3. The lowest BCUT2D eigenvalue weighted by Crippen LogP contribution is -2.20. The summed E-state index contributed by atoms with van der Waals surface area (Å²) in [6, 6.07) is 19.8. The zero-order valence-electron chi connectivity index (χ0n) is 23.1. The third-order valence-corrected chi connectivity index (χ3v) is 7.45. The molecule has 38 heavy (non-hydrogen) atoms. The van der Waals surface area contributed by atoms with Crippen molar-refractivity contribution in [2.45, 2.75) is 52.4 Å². The van der Waals surface area contributed by atoms with Crippen LogP contribution in [0.3, 0.4) is 0 Å². The molecule has 0 bridgehead atoms. The molecule has 5 nitrogen and oxygen atoms in total. The van der Waals surface area contributed by atoms with Gasteiger partial charge >= 0.3 is 0 Å². The highest BCUT2D eigenvalue weighted by Crippen LogP contribution is 2.39. The molecule has 4 aromatic rings. The molecule has 0 unspecified atom stereocenters. The quantitative estimate of drug-likeness (QED) is 0.263. The second-order valence-corrected chi connectivity index (χ2v) is 10.9. The maximum Gasteiger partial charge on any atom is 0.142 e. The van der Waals surface area contributed by atoms with Crippen molar-refractivity contribution in [3.63, 3.8) is 0 Å². The highest BCUT2D eigenvalue weighted by molar-refractivity contribution is 5.76. The molecule has 5 heteroatoms. The lowest BCUT2D eigenvalue weighted by molar-refractivity contribution is 0.468. The van der Waals surface area contributed by atoms with Gasteiger partial charge in [-0.1, -0.05) is 64.1 Å². The van der Waals surface area contributed by atoms with Crippen LogP contribution in [0.5, 0.6) is 5.75 Å². The molecular formula is C33H38N4O. The summed E-state index contributed by atoms with van der Waals surface area (Å²) in [5.74, 6) is 2.20. The van der Waals surface area contributed by atoms with Gasteiger partial charge in [0.2, 0.25) is 0 Å². The molecule has 1 aliphatic rings. The van der Waals surface area contributed by atoms with Crippen molar-refractivity contribution in [3.8, 4) is 28.3 Å². The van der Waals surface area contributed by atoms with Gasteiger partial charge < -0.3 is 19.9 Å². The largest absolute Gasteiger partial charge is 0.505 e. The molecule has 0 amide bonds. The van der Waals surface area contributed by atoms with E-state index in [2.05, 4.69) is 97.5 Å². The van der Waals surface area contributed by atoms with E-state index in [9.17, 15) is 5.11 Å². The lowest BCUT2D eigenvalue weighted by Gasteiger charge is -2.21. The third kappa shape index (κ3) is 5.33. The van der Waals surface area contributed by atoms with Crippen LogP contribution in [0.1, 0.15) is 61.8 Å². The topological polar surface area (TPSA) is 53.3 Å². The molecule has 1 aromatic heterocycles. The van der Waals surface area contributed by atoms with Crippen LogP contribution in [0.25, 0.3) is 22.5 Å². The minimum absolute atomic E-state index is 0.353. The van der Waals surface area contributed by atoms with E-state index in [-0.39, 0.29) is 0 Å². The smallest absolute Gasteiger partial charge is 0.142 e. The predicted molar refractivity (Wildman–Crippen MR) is 157 cm³/mol. The fraction of sp³-hybridized carbons (Fsp3) is 0.303. The molecule has 0 fully saturated rings. The average molecular weight is 507 g/mol. The van der Waals surface area contributed by atoms with Crippen LogP contribution < -0.4 is 10.2 Å². The molecule has 196 valence electrons. The molecule has 0 radical (unpaired) electrons. The number of imidazole rings is 1. The Kier molecular flexibility index (Phi) is 7.28. The summed E-state index contributed by atoms with van der Waals surface area (Å²) in [6.07, 6.45) is 9.27. The first-order chi connectivity index (χ1) is 18.3. The van der Waals surface area contributed by atoms with Gasteiger partial charge in [0.05, 0.1) is 12.4 Å². The molecule has 3 aromatic carbocycles. The fourth-order valence-corrected chi connectivity index (χ4v) is 5.06. The van der Waals surface area contributed by atoms with Crippen molar-refractivity contribution in [2.24, 2.45) is 7.05 Å². The number of rotatable bonds is 8. The Labute approximate surface area is 226 Å². The number of benzene rings is 3. The second-order valence-electron chi connectivity index (χ2n) is 10.9. The zero-order chi connectivity index (χ0) is 26.8. The van der Waals surface area contributed by atoms with Crippen molar-refractivity contribution in [1.82, 2.24) is 14.9 Å². The number of aromatic hydroxyl groups is 1. The standard InChI is InChI=1S/C33H38N4O/c1-22(2)27-17-28(23(3)4)19-29(18-27)30-16-25(32(38)31(20-30)37-14-11-34-21-37)10-9-24-7-6-8-26(15-24)33-35-12-13-36(33)5/h6-8,11-20,22-23,34,38H,9-10,21H2,1-5H3. The summed E-state index contributed by atoms with van der Waals surface area (Å²) in [5, 5.41) is 14.6. The van der Waals surface area contributed by atoms with Gasteiger partial charge in [-0.05, 0) is 76.3 Å². The van der Waals surface area contributed by atoms with Gasteiger partial charge in [0.1, 0.15) is 11.6 Å². The summed E-state index contributed by atoms with van der Waals surface area (Å²) >= 11 is 0. The Hall–Kier alpha value is -3.99. The van der Waals surface area contributed by atoms with Crippen LogP contribution in [0.4, 0.5) is 5.69 Å². The molecule has 0 saturated heterocycles. The Morgan fingerprint density at radius 1 is 0.895 bits per heavy atom. The molecule has 2 heterocycles. The number of aromatic nitrogens is 2. The predicted octanol–water partition coefficient (Wildman–Crippen LogP) is 7.33. The van der Waals surface area contributed by atoms with Crippen LogP contribution in [0, 0.1) is 0 Å². The van der Waals surface area contributed by atoms with Gasteiger partial charge in [-0.25, -0.2) is 4.98 Å². The van der Waals surface area contributed by atoms with E-state index in [1.54, 1.807) is 0 Å². The van der Waals surface area contributed by atoms with Crippen LogP contribution in [-0.2, 0) is 19.9 Å². The van der Waals surface area contributed by atoms with E-state index >= 15 is 0 Å². The lowest BCUT2D eigenvalue weighted by atomic mass is 9.89. The maximum absolute atomic E-state index is 11.4. The van der Waals surface area contributed by atoms with Gasteiger partial charge in [0, 0.05) is 37.4 Å². The third-order valence-electron chi connectivity index (χ3n) is 7.45. The van der Waals surface area contributed by atoms with Crippen molar-refractivity contribution >= 4 is 5.69 Å². The Morgan fingerprint density at radius 2 is 1.63 bits per heavy atom. The molecule has 0 saturated carbocycles. The first kappa shape index (κ1) is 25.7. The van der Waals surface area contributed by atoms with Crippen molar-refractivity contribution in [2.75, 3.05) is 11.6 Å². The minimum atomic E-state index is 0.353. The summed E-state index contributed by atoms with van der Waals surface area (Å²) in [6.45, 7) is 9.63. The normalized spacial score (nSPS) is 13.1. The Morgan fingerprint density at radius 3 is 2.26 bits per heavy atom. The van der Waals surface area contributed by atoms with Crippen LogP contribution in [0.2, 0.25) is 0 Å². The van der Waals surface area contributed by atoms with E-state index in [1.807, 2.05) is 36.4 Å². The van der Waals surface area contributed by atoms with Gasteiger partial charge in [-0.15, -0.1) is 0 Å². The number of anilines is 1. The average Bonchev–Trinajstić information content (AvgIpc) is 3.60. The highest BCUT2D eigenvalue weighted by Gasteiger charge is 2.18. The number of phenolic OH excluding ortho intramolecular Hbond substituents is 1. The fourth-order valence-electron chi connectivity index (χ4n) is 5.06. The molecule has 5 rings (SSSR count). The molecule has 0 aliphatic carbocycles. The van der Waals surface area contributed by atoms with Crippen LogP contribution in [0.15, 0.2) is 79.4 Å². The molecular weight excluding hydrogens is 468 g/mol. The summed E-state index contributed by atoms with van der Waals surface area (Å²) < 4.78 is 2.04. The number of hydrogen-bond donors (Lipinski definition) is 2. The number of aryl methyl sites for hydroxylation is 3. The summed E-state index contributed by atoms with van der Waals surface area (Å²) in [4.78, 5) is 6.57. The Balaban J connectivity index is 1.52. The first-order valence-corrected chi connectivity index (χ1v) is 13.5. The molecule has 2 N–H and O–H groups in total. The zero-order valence-corrected chi connectivity index (χ0v) is 23.1. The van der Waals surface area contributed by atoms with Crippen LogP contribution in [-0.4, -0.2) is 21.3 Å². The number of phenols is 1. The van der Waals surface area contributed by atoms with Crippen molar-refractivity contribution < 1.29 is 5.11 Å². The number of nitrogens with one attached hydrogen (secondary N) is 1.